The maximum absolute atomic E-state index is 11.5. The molecular formula is C11H20O2. The van der Waals surface area contributed by atoms with E-state index in [4.69, 9.17) is 4.74 Å². The zero-order chi connectivity index (χ0) is 10.3. The molecule has 0 amide bonds. The predicted molar refractivity (Wildman–Crippen MR) is 54.8 cm³/mol. The largest absolute Gasteiger partial charge is 0.374 e. The van der Waals surface area contributed by atoms with E-state index in [0.29, 0.717) is 6.42 Å². The normalized spacial score (nSPS) is 12.5. The van der Waals surface area contributed by atoms with Gasteiger partial charge in [0.05, 0.1) is 0 Å². The zero-order valence-electron chi connectivity index (χ0n) is 8.93. The third kappa shape index (κ3) is 4.83. The molecule has 76 valence electrons. The van der Waals surface area contributed by atoms with Crippen LogP contribution in [0, 0.1) is 0 Å². The van der Waals surface area contributed by atoms with Gasteiger partial charge < -0.3 is 4.74 Å². The molecule has 0 N–H and O–H groups in total. The zero-order valence-corrected chi connectivity index (χ0v) is 8.93. The topological polar surface area (TPSA) is 26.3 Å². The number of ketones is 1. The third-order valence-corrected chi connectivity index (χ3v) is 2.12. The fourth-order valence-corrected chi connectivity index (χ4v) is 1.16. The summed E-state index contributed by atoms with van der Waals surface area (Å²) in [5.74, 6) is 0.163. The number of carbonyl (C=O) groups is 1. The lowest BCUT2D eigenvalue weighted by molar-refractivity contribution is -0.128. The van der Waals surface area contributed by atoms with Crippen LogP contribution in [-0.4, -0.2) is 19.0 Å². The molecule has 13 heavy (non-hydrogen) atoms. The second-order valence-corrected chi connectivity index (χ2v) is 3.26. The second kappa shape index (κ2) is 6.84. The Morgan fingerprint density at radius 3 is 2.46 bits per heavy atom. The van der Waals surface area contributed by atoms with Crippen LogP contribution in [0.4, 0.5) is 0 Å². The summed E-state index contributed by atoms with van der Waals surface area (Å²) in [4.78, 5) is 11.5. The molecule has 2 heteroatoms. The molecule has 0 rings (SSSR count). The van der Waals surface area contributed by atoms with Crippen LogP contribution in [0.25, 0.3) is 0 Å². The molecule has 2 nitrogen and oxygen atoms in total. The van der Waals surface area contributed by atoms with Crippen molar-refractivity contribution in [2.75, 3.05) is 7.11 Å². The smallest absolute Gasteiger partial charge is 0.165 e. The van der Waals surface area contributed by atoms with Crippen LogP contribution in [0.3, 0.4) is 0 Å². The monoisotopic (exact) mass is 184 g/mol. The summed E-state index contributed by atoms with van der Waals surface area (Å²) in [7, 11) is 1.59. The van der Waals surface area contributed by atoms with E-state index in [9.17, 15) is 4.79 Å². The van der Waals surface area contributed by atoms with Crippen LogP contribution in [0.1, 0.15) is 39.5 Å². The Balaban J connectivity index is 3.98. The average Bonchev–Trinajstić information content (AvgIpc) is 2.13. The first-order valence-electron chi connectivity index (χ1n) is 4.87. The van der Waals surface area contributed by atoms with Crippen molar-refractivity contribution in [3.63, 3.8) is 0 Å². The van der Waals surface area contributed by atoms with Crippen molar-refractivity contribution in [3.05, 3.63) is 12.2 Å². The Morgan fingerprint density at radius 2 is 2.08 bits per heavy atom. The van der Waals surface area contributed by atoms with Crippen molar-refractivity contribution in [2.24, 2.45) is 0 Å². The molecule has 0 saturated heterocycles. The molecule has 0 bridgehead atoms. The predicted octanol–water partition coefficient (Wildman–Crippen LogP) is 2.73. The summed E-state index contributed by atoms with van der Waals surface area (Å²) >= 11 is 0. The second-order valence-electron chi connectivity index (χ2n) is 3.26. The SMILES string of the molecule is C=C(CC)CC(=O)C(CCC)OC. The number of carbonyl (C=O) groups excluding carboxylic acids is 1. The molecule has 0 radical (unpaired) electrons. The molecule has 0 saturated carbocycles. The standard InChI is InChI=1S/C11H20O2/c1-5-7-11(13-4)10(12)8-9(3)6-2/h11H,3,5-8H2,1-2,4H3. The van der Waals surface area contributed by atoms with Gasteiger partial charge in [-0.2, -0.15) is 0 Å². The van der Waals surface area contributed by atoms with Gasteiger partial charge in [0, 0.05) is 13.5 Å². The van der Waals surface area contributed by atoms with Crippen LogP contribution in [0.2, 0.25) is 0 Å². The summed E-state index contributed by atoms with van der Waals surface area (Å²) in [6.07, 6.45) is 2.90. The Hall–Kier alpha value is -0.630. The van der Waals surface area contributed by atoms with E-state index in [1.807, 2.05) is 13.8 Å². The lowest BCUT2D eigenvalue weighted by Crippen LogP contribution is -2.22. The van der Waals surface area contributed by atoms with E-state index in [0.717, 1.165) is 24.8 Å². The Kier molecular flexibility index (Phi) is 6.51. The van der Waals surface area contributed by atoms with Gasteiger partial charge in [0.25, 0.3) is 0 Å². The van der Waals surface area contributed by atoms with E-state index in [-0.39, 0.29) is 11.9 Å². The van der Waals surface area contributed by atoms with Gasteiger partial charge in [0.1, 0.15) is 6.10 Å². The maximum atomic E-state index is 11.5. The highest BCUT2D eigenvalue weighted by molar-refractivity contribution is 5.85. The summed E-state index contributed by atoms with van der Waals surface area (Å²) in [5.41, 5.74) is 0.989. The lowest BCUT2D eigenvalue weighted by atomic mass is 10.0. The fourth-order valence-electron chi connectivity index (χ4n) is 1.16. The van der Waals surface area contributed by atoms with Crippen molar-refractivity contribution < 1.29 is 9.53 Å². The van der Waals surface area contributed by atoms with Crippen LogP contribution in [0.15, 0.2) is 12.2 Å². The van der Waals surface area contributed by atoms with Gasteiger partial charge in [-0.3, -0.25) is 4.79 Å². The van der Waals surface area contributed by atoms with E-state index in [1.54, 1.807) is 7.11 Å². The van der Waals surface area contributed by atoms with Gasteiger partial charge >= 0.3 is 0 Å². The van der Waals surface area contributed by atoms with Gasteiger partial charge in [-0.1, -0.05) is 32.4 Å². The molecule has 0 aromatic rings. The highest BCUT2D eigenvalue weighted by atomic mass is 16.5. The van der Waals surface area contributed by atoms with Crippen LogP contribution in [-0.2, 0) is 9.53 Å². The molecule has 1 unspecified atom stereocenters. The highest BCUT2D eigenvalue weighted by Crippen LogP contribution is 2.10. The number of hydrogen-bond acceptors (Lipinski definition) is 2. The first kappa shape index (κ1) is 12.4. The van der Waals surface area contributed by atoms with E-state index in [2.05, 4.69) is 6.58 Å². The quantitative estimate of drug-likeness (QED) is 0.569. The van der Waals surface area contributed by atoms with Crippen molar-refractivity contribution in [3.8, 4) is 0 Å². The first-order valence-corrected chi connectivity index (χ1v) is 4.87. The summed E-state index contributed by atoms with van der Waals surface area (Å²) in [6, 6.07) is 0. The van der Waals surface area contributed by atoms with Crippen molar-refractivity contribution in [1.82, 2.24) is 0 Å². The lowest BCUT2D eigenvalue weighted by Gasteiger charge is -2.13. The molecule has 1 atom stereocenters. The molecule has 0 aliphatic rings. The molecular weight excluding hydrogens is 164 g/mol. The molecule has 0 heterocycles. The van der Waals surface area contributed by atoms with E-state index >= 15 is 0 Å². The molecule has 0 aliphatic heterocycles. The van der Waals surface area contributed by atoms with Crippen molar-refractivity contribution in [2.45, 2.75) is 45.6 Å². The van der Waals surface area contributed by atoms with Crippen LogP contribution >= 0.6 is 0 Å². The van der Waals surface area contributed by atoms with E-state index in [1.165, 1.54) is 0 Å². The minimum atomic E-state index is -0.228. The Morgan fingerprint density at radius 1 is 1.46 bits per heavy atom. The Bertz CT molecular complexity index is 173. The van der Waals surface area contributed by atoms with Gasteiger partial charge in [0.15, 0.2) is 5.78 Å². The van der Waals surface area contributed by atoms with Crippen LogP contribution in [0.5, 0.6) is 0 Å². The Labute approximate surface area is 81.0 Å². The number of Topliss-reactive ketones (excluding diaryl/α,β-unsaturated/α-hetero) is 1. The number of methoxy groups -OCH3 is 1. The van der Waals surface area contributed by atoms with E-state index < -0.39 is 0 Å². The van der Waals surface area contributed by atoms with Crippen molar-refractivity contribution >= 4 is 5.78 Å². The molecule has 0 fully saturated rings. The average molecular weight is 184 g/mol. The molecule has 0 aromatic carbocycles. The molecule has 0 aromatic heterocycles. The number of rotatable bonds is 7. The summed E-state index contributed by atoms with van der Waals surface area (Å²) in [6.45, 7) is 7.87. The fraction of sp³-hybridized carbons (Fsp3) is 0.727. The van der Waals surface area contributed by atoms with Gasteiger partial charge in [-0.25, -0.2) is 0 Å². The molecule has 0 aliphatic carbocycles. The highest BCUT2D eigenvalue weighted by Gasteiger charge is 2.16. The van der Waals surface area contributed by atoms with Crippen molar-refractivity contribution in [1.29, 1.82) is 0 Å². The minimum Gasteiger partial charge on any atom is -0.374 e. The van der Waals surface area contributed by atoms with Gasteiger partial charge in [0.2, 0.25) is 0 Å². The summed E-state index contributed by atoms with van der Waals surface area (Å²) in [5, 5.41) is 0. The van der Waals surface area contributed by atoms with Crippen LogP contribution < -0.4 is 0 Å². The number of allylic oxidation sites excluding steroid dienone is 1. The maximum Gasteiger partial charge on any atom is 0.165 e. The third-order valence-electron chi connectivity index (χ3n) is 2.12. The number of ether oxygens (including phenoxy) is 1. The van der Waals surface area contributed by atoms with Gasteiger partial charge in [-0.05, 0) is 12.8 Å². The summed E-state index contributed by atoms with van der Waals surface area (Å²) < 4.78 is 5.11. The number of hydrogen-bond donors (Lipinski definition) is 0. The minimum absolute atomic E-state index is 0.163. The first-order chi connectivity index (χ1) is 6.15. The molecule has 0 spiro atoms. The van der Waals surface area contributed by atoms with Gasteiger partial charge in [-0.15, -0.1) is 0 Å².